The fraction of sp³-hybridized carbons (Fsp3) is 0.455. The Hall–Kier alpha value is -1.13. The normalized spacial score (nSPS) is 12.5. The molecule has 1 rings (SSSR count). The third kappa shape index (κ3) is 4.27. The van der Waals surface area contributed by atoms with Crippen LogP contribution < -0.4 is 10.1 Å². The molecule has 0 bridgehead atoms. The van der Waals surface area contributed by atoms with Crippen LogP contribution in [0.25, 0.3) is 0 Å². The van der Waals surface area contributed by atoms with E-state index in [1.54, 1.807) is 12.1 Å². The fourth-order valence-electron chi connectivity index (χ4n) is 1.12. The van der Waals surface area contributed by atoms with Crippen LogP contribution >= 0.6 is 0 Å². The highest BCUT2D eigenvalue weighted by Crippen LogP contribution is 2.15. The van der Waals surface area contributed by atoms with Crippen molar-refractivity contribution in [3.8, 4) is 5.75 Å². The van der Waals surface area contributed by atoms with Crippen LogP contribution in [0.4, 0.5) is 4.39 Å². The molecule has 0 heterocycles. The average Bonchev–Trinajstić information content (AvgIpc) is 2.25. The van der Waals surface area contributed by atoms with E-state index >= 15 is 0 Å². The summed E-state index contributed by atoms with van der Waals surface area (Å²) in [5.74, 6) is -0.235. The summed E-state index contributed by atoms with van der Waals surface area (Å²) >= 11 is 0. The van der Waals surface area contributed by atoms with Crippen LogP contribution in [0.3, 0.4) is 0 Å². The first kappa shape index (κ1) is 11.9. The minimum Gasteiger partial charge on any atom is -0.488 e. The monoisotopic (exact) mass is 213 g/mol. The van der Waals surface area contributed by atoms with E-state index < -0.39 is 11.9 Å². The second-order valence-electron chi connectivity index (χ2n) is 3.20. The van der Waals surface area contributed by atoms with Gasteiger partial charge in [0, 0.05) is 6.54 Å². The average molecular weight is 213 g/mol. The number of para-hydroxylation sites is 1. The van der Waals surface area contributed by atoms with Crippen LogP contribution in [0.1, 0.15) is 6.92 Å². The summed E-state index contributed by atoms with van der Waals surface area (Å²) < 4.78 is 18.2. The lowest BCUT2D eigenvalue weighted by molar-refractivity contribution is 0.105. The molecule has 15 heavy (non-hydrogen) atoms. The Balaban J connectivity index is 2.33. The predicted molar refractivity (Wildman–Crippen MR) is 56.4 cm³/mol. The lowest BCUT2D eigenvalue weighted by Gasteiger charge is -2.12. The van der Waals surface area contributed by atoms with Gasteiger partial charge in [-0.25, -0.2) is 4.39 Å². The molecule has 0 aliphatic carbocycles. The standard InChI is InChI=1S/C11H16FNO2/c1-2-13-7-9(14)8-15-11-6-4-3-5-10(11)12/h3-6,9,13-14H,2,7-8H2,1H3. The van der Waals surface area contributed by atoms with Gasteiger partial charge in [0.25, 0.3) is 0 Å². The number of nitrogens with one attached hydrogen (secondary N) is 1. The SMILES string of the molecule is CCNCC(O)COc1ccccc1F. The van der Waals surface area contributed by atoms with E-state index in [0.29, 0.717) is 6.54 Å². The number of benzene rings is 1. The maximum Gasteiger partial charge on any atom is 0.165 e. The quantitative estimate of drug-likeness (QED) is 0.745. The molecule has 0 radical (unpaired) electrons. The molecule has 2 N–H and O–H groups in total. The highest BCUT2D eigenvalue weighted by atomic mass is 19.1. The molecule has 84 valence electrons. The van der Waals surface area contributed by atoms with Gasteiger partial charge in [-0.1, -0.05) is 19.1 Å². The van der Waals surface area contributed by atoms with Crippen LogP contribution in [0.5, 0.6) is 5.75 Å². The molecule has 0 aliphatic heterocycles. The zero-order valence-corrected chi connectivity index (χ0v) is 8.74. The highest BCUT2D eigenvalue weighted by Gasteiger charge is 2.06. The first-order chi connectivity index (χ1) is 7.24. The molecule has 0 aliphatic rings. The van der Waals surface area contributed by atoms with Crippen LogP contribution in [0, 0.1) is 5.82 Å². The molecule has 0 amide bonds. The second kappa shape index (κ2) is 6.37. The van der Waals surface area contributed by atoms with Crippen molar-refractivity contribution in [2.45, 2.75) is 13.0 Å². The molecule has 0 saturated carbocycles. The Morgan fingerprint density at radius 3 is 2.87 bits per heavy atom. The molecule has 0 spiro atoms. The van der Waals surface area contributed by atoms with Gasteiger partial charge in [-0.05, 0) is 18.7 Å². The first-order valence-corrected chi connectivity index (χ1v) is 5.00. The molecule has 1 unspecified atom stereocenters. The Morgan fingerprint density at radius 2 is 2.20 bits per heavy atom. The van der Waals surface area contributed by atoms with Crippen molar-refractivity contribution in [3.63, 3.8) is 0 Å². The summed E-state index contributed by atoms with van der Waals surface area (Å²) in [6, 6.07) is 6.15. The first-order valence-electron chi connectivity index (χ1n) is 5.00. The number of aliphatic hydroxyl groups is 1. The Labute approximate surface area is 88.9 Å². The van der Waals surface area contributed by atoms with Gasteiger partial charge in [-0.2, -0.15) is 0 Å². The van der Waals surface area contributed by atoms with Gasteiger partial charge in [-0.3, -0.25) is 0 Å². The smallest absolute Gasteiger partial charge is 0.165 e. The van der Waals surface area contributed by atoms with Gasteiger partial charge < -0.3 is 15.2 Å². The Morgan fingerprint density at radius 1 is 1.47 bits per heavy atom. The number of ether oxygens (including phenoxy) is 1. The van der Waals surface area contributed by atoms with Crippen molar-refractivity contribution in [2.75, 3.05) is 19.7 Å². The number of rotatable bonds is 6. The Bertz CT molecular complexity index is 294. The van der Waals surface area contributed by atoms with E-state index in [1.165, 1.54) is 12.1 Å². The molecule has 0 aromatic heterocycles. The molecule has 1 aromatic rings. The molecule has 1 atom stereocenters. The minimum atomic E-state index is -0.621. The van der Waals surface area contributed by atoms with Gasteiger partial charge in [0.05, 0.1) is 0 Å². The van der Waals surface area contributed by atoms with Gasteiger partial charge in [0.1, 0.15) is 12.7 Å². The number of hydrogen-bond acceptors (Lipinski definition) is 3. The Kier molecular flexibility index (Phi) is 5.07. The minimum absolute atomic E-state index is 0.0912. The topological polar surface area (TPSA) is 41.5 Å². The zero-order valence-electron chi connectivity index (χ0n) is 8.74. The number of hydrogen-bond donors (Lipinski definition) is 2. The lowest BCUT2D eigenvalue weighted by atomic mass is 10.3. The summed E-state index contributed by atoms with van der Waals surface area (Å²) in [4.78, 5) is 0. The number of likely N-dealkylation sites (N-methyl/N-ethyl adjacent to an activating group) is 1. The van der Waals surface area contributed by atoms with Crippen molar-refractivity contribution in [1.29, 1.82) is 0 Å². The van der Waals surface area contributed by atoms with Crippen LogP contribution in [-0.4, -0.2) is 30.9 Å². The van der Waals surface area contributed by atoms with E-state index in [0.717, 1.165) is 6.54 Å². The van der Waals surface area contributed by atoms with E-state index in [4.69, 9.17) is 4.74 Å². The van der Waals surface area contributed by atoms with Gasteiger partial charge in [-0.15, -0.1) is 0 Å². The molecule has 1 aromatic carbocycles. The maximum atomic E-state index is 13.1. The fourth-order valence-corrected chi connectivity index (χ4v) is 1.12. The lowest BCUT2D eigenvalue weighted by Crippen LogP contribution is -2.31. The predicted octanol–water partition coefficient (Wildman–Crippen LogP) is 1.17. The van der Waals surface area contributed by atoms with E-state index in [1.807, 2.05) is 6.92 Å². The molecular weight excluding hydrogens is 197 g/mol. The second-order valence-corrected chi connectivity index (χ2v) is 3.20. The molecule has 0 saturated heterocycles. The van der Waals surface area contributed by atoms with Crippen LogP contribution in [0.2, 0.25) is 0 Å². The summed E-state index contributed by atoms with van der Waals surface area (Å²) in [5.41, 5.74) is 0. The van der Waals surface area contributed by atoms with Crippen molar-refractivity contribution in [1.82, 2.24) is 5.32 Å². The van der Waals surface area contributed by atoms with Crippen molar-refractivity contribution >= 4 is 0 Å². The summed E-state index contributed by atoms with van der Waals surface area (Å²) in [5, 5.41) is 12.4. The van der Waals surface area contributed by atoms with Crippen molar-refractivity contribution < 1.29 is 14.2 Å². The third-order valence-electron chi connectivity index (χ3n) is 1.90. The van der Waals surface area contributed by atoms with Gasteiger partial charge >= 0.3 is 0 Å². The van der Waals surface area contributed by atoms with Gasteiger partial charge in [0.15, 0.2) is 11.6 Å². The summed E-state index contributed by atoms with van der Waals surface area (Å²) in [6.45, 7) is 3.28. The highest BCUT2D eigenvalue weighted by molar-refractivity contribution is 5.23. The number of aliphatic hydroxyl groups excluding tert-OH is 1. The van der Waals surface area contributed by atoms with E-state index in [2.05, 4.69) is 5.32 Å². The summed E-state index contributed by atoms with van der Waals surface area (Å²) in [7, 11) is 0. The summed E-state index contributed by atoms with van der Waals surface area (Å²) in [6.07, 6.45) is -0.621. The van der Waals surface area contributed by atoms with Crippen LogP contribution in [0.15, 0.2) is 24.3 Å². The van der Waals surface area contributed by atoms with Crippen molar-refractivity contribution in [2.24, 2.45) is 0 Å². The molecule has 4 heteroatoms. The van der Waals surface area contributed by atoms with Crippen molar-refractivity contribution in [3.05, 3.63) is 30.1 Å². The molecular formula is C11H16FNO2. The largest absolute Gasteiger partial charge is 0.488 e. The molecule has 3 nitrogen and oxygen atoms in total. The van der Waals surface area contributed by atoms with Crippen LogP contribution in [-0.2, 0) is 0 Å². The van der Waals surface area contributed by atoms with E-state index in [-0.39, 0.29) is 12.4 Å². The zero-order chi connectivity index (χ0) is 11.1. The van der Waals surface area contributed by atoms with Gasteiger partial charge in [0.2, 0.25) is 0 Å². The third-order valence-corrected chi connectivity index (χ3v) is 1.90. The number of halogens is 1. The van der Waals surface area contributed by atoms with E-state index in [9.17, 15) is 9.50 Å². The molecule has 0 fully saturated rings. The maximum absolute atomic E-state index is 13.1.